The van der Waals surface area contributed by atoms with Gasteiger partial charge in [0, 0.05) is 12.6 Å². The summed E-state index contributed by atoms with van der Waals surface area (Å²) in [7, 11) is 1.58. The molecule has 2 fully saturated rings. The van der Waals surface area contributed by atoms with E-state index in [0.29, 0.717) is 35.7 Å². The van der Waals surface area contributed by atoms with Crippen LogP contribution in [-0.2, 0) is 9.59 Å². The highest BCUT2D eigenvalue weighted by Crippen LogP contribution is 2.61. The third-order valence-electron chi connectivity index (χ3n) is 6.86. The molecule has 2 N–H and O–H groups in total. The van der Waals surface area contributed by atoms with Crippen molar-refractivity contribution in [1.82, 2.24) is 9.88 Å². The zero-order valence-corrected chi connectivity index (χ0v) is 18.8. The molecule has 0 bridgehead atoms. The van der Waals surface area contributed by atoms with Crippen LogP contribution < -0.4 is 10.1 Å². The highest BCUT2D eigenvalue weighted by Gasteiger charge is 2.62. The molecule has 1 saturated carbocycles. The summed E-state index contributed by atoms with van der Waals surface area (Å²) >= 11 is 0. The fourth-order valence-electron chi connectivity index (χ4n) is 4.95. The van der Waals surface area contributed by atoms with Crippen molar-refractivity contribution in [3.63, 3.8) is 0 Å². The molecule has 2 heterocycles. The Morgan fingerprint density at radius 2 is 2.13 bits per heavy atom. The van der Waals surface area contributed by atoms with Crippen molar-refractivity contribution in [2.45, 2.75) is 59.0 Å². The minimum absolute atomic E-state index is 0.0376. The lowest BCUT2D eigenvalue weighted by Gasteiger charge is -2.34. The van der Waals surface area contributed by atoms with Gasteiger partial charge in [-0.2, -0.15) is 4.98 Å². The Labute approximate surface area is 181 Å². The molecular formula is C23H31N3O5. The number of anilines is 1. The topological polar surface area (TPSA) is 105 Å². The van der Waals surface area contributed by atoms with E-state index in [4.69, 9.17) is 9.15 Å². The molecule has 1 aromatic carbocycles. The number of hydrogen-bond acceptors (Lipinski definition) is 6. The fourth-order valence-corrected chi connectivity index (χ4v) is 4.95. The molecular weight excluding hydrogens is 398 g/mol. The molecule has 2 aromatic rings. The first kappa shape index (κ1) is 21.5. The molecule has 1 aliphatic heterocycles. The van der Waals surface area contributed by atoms with Crippen LogP contribution in [-0.4, -0.2) is 52.6 Å². The van der Waals surface area contributed by atoms with Gasteiger partial charge in [-0.3, -0.25) is 4.79 Å². The first-order valence-electron chi connectivity index (χ1n) is 10.8. The van der Waals surface area contributed by atoms with Gasteiger partial charge in [0.15, 0.2) is 5.58 Å². The monoisotopic (exact) mass is 429 g/mol. The van der Waals surface area contributed by atoms with Gasteiger partial charge >= 0.3 is 5.97 Å². The zero-order chi connectivity index (χ0) is 22.6. The SMILES string of the molecule is CC[C@@H]1C[C@]12C[C@@H](C(=O)O)N(C(=O)[C@@H](Nc1nc3cc(OC)ccc3o1)C(C)(C)C)C2. The molecule has 4 rings (SSSR count). The maximum Gasteiger partial charge on any atom is 0.326 e. The number of oxazole rings is 1. The molecule has 4 atom stereocenters. The summed E-state index contributed by atoms with van der Waals surface area (Å²) in [6.07, 6.45) is 2.55. The average Bonchev–Trinajstić information content (AvgIpc) is 3.04. The number of carbonyl (C=O) groups excluding carboxylic acids is 1. The summed E-state index contributed by atoms with van der Waals surface area (Å²) in [4.78, 5) is 31.6. The second-order valence-electron chi connectivity index (χ2n) is 9.99. The molecule has 0 unspecified atom stereocenters. The van der Waals surface area contributed by atoms with E-state index >= 15 is 0 Å². The Bertz CT molecular complexity index is 1010. The number of fused-ring (bicyclic) bond motifs is 1. The van der Waals surface area contributed by atoms with Crippen LogP contribution in [0.25, 0.3) is 11.1 Å². The Kier molecular flexibility index (Phi) is 5.14. The standard InChI is InChI=1S/C23H31N3O5/c1-6-13-10-23(13)11-16(20(28)29)26(12-23)19(27)18(22(2,3)4)25-21-24-15-9-14(30-5)7-8-17(15)31-21/h7-9,13,16,18H,6,10-12H2,1-5H3,(H,24,25)(H,28,29)/t13-,16+,18-,23-/m1/s1. The highest BCUT2D eigenvalue weighted by molar-refractivity contribution is 5.90. The van der Waals surface area contributed by atoms with Crippen molar-refractivity contribution in [1.29, 1.82) is 0 Å². The van der Waals surface area contributed by atoms with Crippen LogP contribution in [0.15, 0.2) is 22.6 Å². The summed E-state index contributed by atoms with van der Waals surface area (Å²) in [5.41, 5.74) is 0.677. The van der Waals surface area contributed by atoms with E-state index in [9.17, 15) is 14.7 Å². The number of methoxy groups -OCH3 is 1. The van der Waals surface area contributed by atoms with E-state index < -0.39 is 23.5 Å². The number of carboxylic acids is 1. The Hall–Kier alpha value is -2.77. The molecule has 31 heavy (non-hydrogen) atoms. The smallest absolute Gasteiger partial charge is 0.326 e. The minimum Gasteiger partial charge on any atom is -0.497 e. The summed E-state index contributed by atoms with van der Waals surface area (Å²) in [6, 6.07) is 4.07. The predicted molar refractivity (Wildman–Crippen MR) is 116 cm³/mol. The minimum atomic E-state index is -0.936. The van der Waals surface area contributed by atoms with Crippen LogP contribution in [0, 0.1) is 16.7 Å². The van der Waals surface area contributed by atoms with Crippen molar-refractivity contribution in [3.05, 3.63) is 18.2 Å². The molecule has 8 nitrogen and oxygen atoms in total. The first-order valence-corrected chi connectivity index (χ1v) is 10.8. The quantitative estimate of drug-likeness (QED) is 0.720. The highest BCUT2D eigenvalue weighted by atomic mass is 16.5. The Morgan fingerprint density at radius 1 is 1.39 bits per heavy atom. The third-order valence-corrected chi connectivity index (χ3v) is 6.86. The second kappa shape index (κ2) is 7.43. The number of nitrogens with zero attached hydrogens (tertiary/aromatic N) is 2. The molecule has 2 aliphatic rings. The van der Waals surface area contributed by atoms with Crippen LogP contribution in [0.1, 0.15) is 47.0 Å². The van der Waals surface area contributed by atoms with Crippen LogP contribution in [0.2, 0.25) is 0 Å². The number of aliphatic carboxylic acids is 1. The molecule has 1 aromatic heterocycles. The van der Waals surface area contributed by atoms with Crippen LogP contribution in [0.3, 0.4) is 0 Å². The van der Waals surface area contributed by atoms with Crippen molar-refractivity contribution in [2.24, 2.45) is 16.7 Å². The Balaban J connectivity index is 1.60. The van der Waals surface area contributed by atoms with Crippen LogP contribution in [0.4, 0.5) is 6.01 Å². The van der Waals surface area contributed by atoms with E-state index in [1.54, 1.807) is 30.2 Å². The molecule has 0 radical (unpaired) electrons. The molecule has 1 saturated heterocycles. The lowest BCUT2D eigenvalue weighted by atomic mass is 9.85. The number of rotatable bonds is 6. The zero-order valence-electron chi connectivity index (χ0n) is 18.8. The van der Waals surface area contributed by atoms with Gasteiger partial charge < -0.3 is 24.5 Å². The van der Waals surface area contributed by atoms with Crippen LogP contribution >= 0.6 is 0 Å². The number of ether oxygens (including phenoxy) is 1. The molecule has 1 amide bonds. The fraction of sp³-hybridized carbons (Fsp3) is 0.609. The number of likely N-dealkylation sites (tertiary alicyclic amines) is 1. The lowest BCUT2D eigenvalue weighted by molar-refractivity contribution is -0.149. The summed E-state index contributed by atoms with van der Waals surface area (Å²) < 4.78 is 11.0. The van der Waals surface area contributed by atoms with Gasteiger partial charge in [-0.15, -0.1) is 0 Å². The maximum absolute atomic E-state index is 13.6. The molecule has 8 heteroatoms. The largest absolute Gasteiger partial charge is 0.497 e. The predicted octanol–water partition coefficient (Wildman–Crippen LogP) is 3.76. The van der Waals surface area contributed by atoms with Crippen molar-refractivity contribution >= 4 is 29.0 Å². The van der Waals surface area contributed by atoms with Gasteiger partial charge in [0.25, 0.3) is 6.01 Å². The number of carboxylic acid groups (broad SMARTS) is 1. The first-order chi connectivity index (χ1) is 14.6. The summed E-state index contributed by atoms with van der Waals surface area (Å²) in [5, 5.41) is 13.0. The van der Waals surface area contributed by atoms with Gasteiger partial charge in [0.2, 0.25) is 5.91 Å². The normalized spacial score (nSPS) is 26.3. The molecule has 168 valence electrons. The van der Waals surface area contributed by atoms with E-state index in [1.165, 1.54) is 0 Å². The van der Waals surface area contributed by atoms with Gasteiger partial charge in [0.1, 0.15) is 23.3 Å². The number of aromatic nitrogens is 1. The summed E-state index contributed by atoms with van der Waals surface area (Å²) in [5.74, 6) is 0.00421. The van der Waals surface area contributed by atoms with E-state index in [2.05, 4.69) is 17.2 Å². The lowest BCUT2D eigenvalue weighted by Crippen LogP contribution is -2.52. The van der Waals surface area contributed by atoms with Crippen LogP contribution in [0.5, 0.6) is 5.75 Å². The molecule has 1 aliphatic carbocycles. The average molecular weight is 430 g/mol. The summed E-state index contributed by atoms with van der Waals surface area (Å²) in [6.45, 7) is 8.47. The van der Waals surface area contributed by atoms with E-state index in [0.717, 1.165) is 12.8 Å². The third kappa shape index (κ3) is 3.83. The number of amides is 1. The number of nitrogens with one attached hydrogen (secondary N) is 1. The van der Waals surface area contributed by atoms with Crippen molar-refractivity contribution in [3.8, 4) is 5.75 Å². The van der Waals surface area contributed by atoms with E-state index in [1.807, 2.05) is 20.8 Å². The second-order valence-corrected chi connectivity index (χ2v) is 9.99. The maximum atomic E-state index is 13.6. The number of carbonyl (C=O) groups is 2. The number of benzene rings is 1. The van der Waals surface area contributed by atoms with Gasteiger partial charge in [0.05, 0.1) is 7.11 Å². The van der Waals surface area contributed by atoms with E-state index in [-0.39, 0.29) is 17.3 Å². The Morgan fingerprint density at radius 3 is 2.71 bits per heavy atom. The van der Waals surface area contributed by atoms with Gasteiger partial charge in [-0.25, -0.2) is 4.79 Å². The number of hydrogen-bond donors (Lipinski definition) is 2. The van der Waals surface area contributed by atoms with Gasteiger partial charge in [-0.05, 0) is 41.7 Å². The van der Waals surface area contributed by atoms with Crippen molar-refractivity contribution < 1.29 is 23.8 Å². The molecule has 1 spiro atoms. The van der Waals surface area contributed by atoms with Crippen molar-refractivity contribution in [2.75, 3.05) is 19.0 Å². The van der Waals surface area contributed by atoms with Gasteiger partial charge in [-0.1, -0.05) is 34.1 Å².